The number of nitrogens with one attached hydrogen (secondary N) is 1. The van der Waals surface area contributed by atoms with E-state index in [0.29, 0.717) is 26.3 Å². The van der Waals surface area contributed by atoms with Gasteiger partial charge in [0.2, 0.25) is 11.7 Å². The van der Waals surface area contributed by atoms with Crippen molar-refractivity contribution in [2.45, 2.75) is 6.54 Å². The number of halogens is 2. The number of benzene rings is 2. The summed E-state index contributed by atoms with van der Waals surface area (Å²) in [7, 11) is 0. The second-order valence-corrected chi connectivity index (χ2v) is 8.06. The second kappa shape index (κ2) is 10.7. The first-order valence-electron chi connectivity index (χ1n) is 10.8. The summed E-state index contributed by atoms with van der Waals surface area (Å²) in [4.78, 5) is 44.0. The standard InChI is InChI=1S/C23H22ClFN6O4/c24-14-5-6-18(16(11-14)21(33)15-3-1-2-4-17(15)25)31-19(13-27-20(32)12-26)28-22(29-31)23(34)30-7-9-35-10-8-30/h1-6,11H,7-10,12-13,26H2,(H,27,32). The zero-order valence-corrected chi connectivity index (χ0v) is 19.3. The molecule has 1 aliphatic rings. The highest BCUT2D eigenvalue weighted by molar-refractivity contribution is 6.31. The topological polar surface area (TPSA) is 132 Å². The number of morpholine rings is 1. The smallest absolute Gasteiger partial charge is 0.293 e. The summed E-state index contributed by atoms with van der Waals surface area (Å²) < 4.78 is 21.0. The van der Waals surface area contributed by atoms with Crippen molar-refractivity contribution >= 4 is 29.2 Å². The van der Waals surface area contributed by atoms with Crippen molar-refractivity contribution in [1.82, 2.24) is 25.0 Å². The van der Waals surface area contributed by atoms with Crippen LogP contribution in [0.15, 0.2) is 42.5 Å². The van der Waals surface area contributed by atoms with Crippen molar-refractivity contribution < 1.29 is 23.5 Å². The highest BCUT2D eigenvalue weighted by atomic mass is 35.5. The number of ether oxygens (including phenoxy) is 1. The average Bonchev–Trinajstić information content (AvgIpc) is 3.31. The molecule has 0 atom stereocenters. The largest absolute Gasteiger partial charge is 0.378 e. The molecule has 2 heterocycles. The predicted octanol–water partition coefficient (Wildman–Crippen LogP) is 1.34. The number of carbonyl (C=O) groups is 3. The Kier molecular flexibility index (Phi) is 7.49. The van der Waals surface area contributed by atoms with Crippen LogP contribution in [0.4, 0.5) is 4.39 Å². The molecule has 0 unspecified atom stereocenters. The van der Waals surface area contributed by atoms with Crippen LogP contribution in [0.1, 0.15) is 32.4 Å². The zero-order chi connectivity index (χ0) is 24.9. The molecule has 35 heavy (non-hydrogen) atoms. The van der Waals surface area contributed by atoms with Crippen molar-refractivity contribution in [2.24, 2.45) is 5.73 Å². The molecule has 12 heteroatoms. The SMILES string of the molecule is NCC(=O)NCc1nc(C(=O)N2CCOCC2)nn1-c1ccc(Cl)cc1C(=O)c1ccccc1F. The fourth-order valence-electron chi connectivity index (χ4n) is 3.57. The third-order valence-corrected chi connectivity index (χ3v) is 5.58. The van der Waals surface area contributed by atoms with Crippen LogP contribution in [0, 0.1) is 5.82 Å². The molecule has 10 nitrogen and oxygen atoms in total. The number of hydrogen-bond donors (Lipinski definition) is 2. The first-order valence-corrected chi connectivity index (χ1v) is 11.2. The van der Waals surface area contributed by atoms with Gasteiger partial charge < -0.3 is 20.7 Å². The summed E-state index contributed by atoms with van der Waals surface area (Å²) in [5, 5.41) is 7.18. The Morgan fingerprint density at radius 1 is 1.11 bits per heavy atom. The summed E-state index contributed by atoms with van der Waals surface area (Å²) in [5.41, 5.74) is 5.48. The minimum absolute atomic E-state index is 0.0456. The molecule has 4 rings (SSSR count). The van der Waals surface area contributed by atoms with Gasteiger partial charge in [-0.1, -0.05) is 23.7 Å². The summed E-state index contributed by atoms with van der Waals surface area (Å²) >= 11 is 6.16. The second-order valence-electron chi connectivity index (χ2n) is 7.62. The van der Waals surface area contributed by atoms with Crippen molar-refractivity contribution in [1.29, 1.82) is 0 Å². The molecule has 0 radical (unpaired) electrons. The van der Waals surface area contributed by atoms with Crippen LogP contribution in [0.3, 0.4) is 0 Å². The molecule has 0 bridgehead atoms. The summed E-state index contributed by atoms with van der Waals surface area (Å²) in [5.74, 6) is -2.14. The van der Waals surface area contributed by atoms with E-state index in [9.17, 15) is 18.8 Å². The van der Waals surface area contributed by atoms with Crippen LogP contribution in [0.2, 0.25) is 5.02 Å². The first-order chi connectivity index (χ1) is 16.9. The number of aromatic nitrogens is 3. The zero-order valence-electron chi connectivity index (χ0n) is 18.5. The molecule has 1 aliphatic heterocycles. The van der Waals surface area contributed by atoms with Crippen LogP contribution in [-0.4, -0.2) is 70.1 Å². The van der Waals surface area contributed by atoms with Gasteiger partial charge in [0.25, 0.3) is 5.91 Å². The van der Waals surface area contributed by atoms with Crippen LogP contribution < -0.4 is 11.1 Å². The molecule has 1 saturated heterocycles. The van der Waals surface area contributed by atoms with E-state index in [-0.39, 0.29) is 46.6 Å². The lowest BCUT2D eigenvalue weighted by Crippen LogP contribution is -2.41. The summed E-state index contributed by atoms with van der Waals surface area (Å²) in [6.07, 6.45) is 0. The third-order valence-electron chi connectivity index (χ3n) is 5.34. The first kappa shape index (κ1) is 24.5. The molecule has 0 aliphatic carbocycles. The Bertz CT molecular complexity index is 1270. The number of rotatable bonds is 7. The lowest BCUT2D eigenvalue weighted by atomic mass is 10.0. The Morgan fingerprint density at radius 3 is 2.57 bits per heavy atom. The number of nitrogens with two attached hydrogens (primary N) is 1. The Morgan fingerprint density at radius 2 is 1.86 bits per heavy atom. The molecule has 1 aromatic heterocycles. The molecule has 0 saturated carbocycles. The van der Waals surface area contributed by atoms with Gasteiger partial charge >= 0.3 is 0 Å². The van der Waals surface area contributed by atoms with E-state index < -0.39 is 23.4 Å². The third kappa shape index (κ3) is 5.37. The van der Waals surface area contributed by atoms with E-state index in [2.05, 4.69) is 15.4 Å². The minimum atomic E-state index is -0.694. The predicted molar refractivity (Wildman–Crippen MR) is 124 cm³/mol. The summed E-state index contributed by atoms with van der Waals surface area (Å²) in [6.45, 7) is 1.19. The summed E-state index contributed by atoms with van der Waals surface area (Å²) in [6, 6.07) is 10.00. The maximum absolute atomic E-state index is 14.4. The molecule has 182 valence electrons. The van der Waals surface area contributed by atoms with Gasteiger partial charge in [0.1, 0.15) is 5.82 Å². The van der Waals surface area contributed by atoms with Crippen LogP contribution in [0.25, 0.3) is 5.69 Å². The monoisotopic (exact) mass is 500 g/mol. The van der Waals surface area contributed by atoms with Crippen LogP contribution in [0.5, 0.6) is 0 Å². The highest BCUT2D eigenvalue weighted by Gasteiger charge is 2.27. The van der Waals surface area contributed by atoms with Gasteiger partial charge in [0.05, 0.1) is 37.6 Å². The number of ketones is 1. The number of amides is 2. The Balaban J connectivity index is 1.79. The average molecular weight is 501 g/mol. The van der Waals surface area contributed by atoms with Crippen LogP contribution in [-0.2, 0) is 16.1 Å². The maximum atomic E-state index is 14.4. The quantitative estimate of drug-likeness (QED) is 0.468. The van der Waals surface area contributed by atoms with E-state index in [1.807, 2.05) is 0 Å². The Labute approximate surface area is 204 Å². The van der Waals surface area contributed by atoms with Gasteiger partial charge in [-0.05, 0) is 30.3 Å². The van der Waals surface area contributed by atoms with Gasteiger partial charge in [0, 0.05) is 23.7 Å². The molecular formula is C23H22ClFN6O4. The van der Waals surface area contributed by atoms with E-state index in [0.717, 1.165) is 0 Å². The Hall–Kier alpha value is -3.67. The molecule has 0 spiro atoms. The van der Waals surface area contributed by atoms with E-state index in [1.165, 1.54) is 41.1 Å². The van der Waals surface area contributed by atoms with Crippen molar-refractivity contribution in [2.75, 3.05) is 32.8 Å². The van der Waals surface area contributed by atoms with Crippen molar-refractivity contribution in [3.05, 3.63) is 76.1 Å². The maximum Gasteiger partial charge on any atom is 0.293 e. The molecule has 3 N–H and O–H groups in total. The number of nitrogens with zero attached hydrogens (tertiary/aromatic N) is 4. The van der Waals surface area contributed by atoms with Crippen molar-refractivity contribution in [3.8, 4) is 5.69 Å². The van der Waals surface area contributed by atoms with E-state index in [4.69, 9.17) is 22.1 Å². The van der Waals surface area contributed by atoms with Gasteiger partial charge in [0.15, 0.2) is 11.6 Å². The van der Waals surface area contributed by atoms with E-state index >= 15 is 0 Å². The number of carbonyl (C=O) groups excluding carboxylic acids is 3. The van der Waals surface area contributed by atoms with E-state index in [1.54, 1.807) is 11.0 Å². The molecule has 2 amide bonds. The van der Waals surface area contributed by atoms with Gasteiger partial charge in [-0.2, -0.15) is 0 Å². The minimum Gasteiger partial charge on any atom is -0.378 e. The molecule has 3 aromatic rings. The fourth-order valence-corrected chi connectivity index (χ4v) is 3.74. The molecule has 2 aromatic carbocycles. The lowest BCUT2D eigenvalue weighted by Gasteiger charge is -2.25. The molecule has 1 fully saturated rings. The normalized spacial score (nSPS) is 13.5. The van der Waals surface area contributed by atoms with Crippen LogP contribution >= 0.6 is 11.6 Å². The highest BCUT2D eigenvalue weighted by Crippen LogP contribution is 2.25. The number of hydrogen-bond acceptors (Lipinski definition) is 7. The van der Waals surface area contributed by atoms with Crippen molar-refractivity contribution in [3.63, 3.8) is 0 Å². The van der Waals surface area contributed by atoms with Gasteiger partial charge in [-0.25, -0.2) is 14.1 Å². The molecular weight excluding hydrogens is 479 g/mol. The lowest BCUT2D eigenvalue weighted by molar-refractivity contribution is -0.119. The van der Waals surface area contributed by atoms with Gasteiger partial charge in [-0.3, -0.25) is 14.4 Å². The van der Waals surface area contributed by atoms with Gasteiger partial charge in [-0.15, -0.1) is 5.10 Å². The fraction of sp³-hybridized carbons (Fsp3) is 0.261.